The van der Waals surface area contributed by atoms with Gasteiger partial charge < -0.3 is 9.55 Å². The zero-order chi connectivity index (χ0) is 13.4. The second-order valence-electron chi connectivity index (χ2n) is 4.95. The first-order valence-corrected chi connectivity index (χ1v) is 6.36. The molecule has 0 fully saturated rings. The molecule has 0 radical (unpaired) electrons. The summed E-state index contributed by atoms with van der Waals surface area (Å²) < 4.78 is 2.31. The van der Waals surface area contributed by atoms with Gasteiger partial charge in [-0.1, -0.05) is 6.07 Å². The molecule has 0 bridgehead atoms. The van der Waals surface area contributed by atoms with Crippen LogP contribution in [0.4, 0.5) is 5.69 Å². The molecule has 0 saturated carbocycles. The van der Waals surface area contributed by atoms with Gasteiger partial charge in [-0.25, -0.2) is 4.85 Å². The molecule has 0 amide bonds. The monoisotopic (exact) mass is 249 g/mol. The molecule has 0 spiro atoms. The summed E-state index contributed by atoms with van der Waals surface area (Å²) in [6, 6.07) is 10.5. The Bertz CT molecular complexity index is 755. The molecule has 2 heterocycles. The van der Waals surface area contributed by atoms with Gasteiger partial charge in [0.05, 0.1) is 12.3 Å². The Morgan fingerprint density at radius 2 is 2.05 bits per heavy atom. The molecule has 0 aliphatic heterocycles. The Labute approximate surface area is 112 Å². The van der Waals surface area contributed by atoms with Gasteiger partial charge >= 0.3 is 0 Å². The van der Waals surface area contributed by atoms with E-state index < -0.39 is 0 Å². The normalized spacial score (nSPS) is 11.1. The lowest BCUT2D eigenvalue weighted by atomic mass is 10.2. The maximum absolute atomic E-state index is 7.12. The zero-order valence-corrected chi connectivity index (χ0v) is 11.0. The van der Waals surface area contributed by atoms with E-state index in [1.54, 1.807) is 0 Å². The van der Waals surface area contributed by atoms with E-state index in [1.165, 1.54) is 16.8 Å². The average Bonchev–Trinajstić information content (AvgIpc) is 3.04. The quantitative estimate of drug-likeness (QED) is 0.633. The van der Waals surface area contributed by atoms with Crippen molar-refractivity contribution in [1.29, 1.82) is 0 Å². The van der Waals surface area contributed by atoms with Crippen LogP contribution in [-0.2, 0) is 0 Å². The summed E-state index contributed by atoms with van der Waals surface area (Å²) in [5, 5.41) is 1.12. The first kappa shape index (κ1) is 11.6. The van der Waals surface area contributed by atoms with Crippen molar-refractivity contribution < 1.29 is 0 Å². The summed E-state index contributed by atoms with van der Waals surface area (Å²) >= 11 is 0. The van der Waals surface area contributed by atoms with Crippen molar-refractivity contribution in [2.75, 3.05) is 0 Å². The summed E-state index contributed by atoms with van der Waals surface area (Å²) in [5.41, 5.74) is 4.23. The number of hydrogen-bond acceptors (Lipinski definition) is 0. The van der Waals surface area contributed by atoms with E-state index >= 15 is 0 Å². The van der Waals surface area contributed by atoms with E-state index in [9.17, 15) is 0 Å². The minimum absolute atomic E-state index is 0.376. The maximum atomic E-state index is 7.12. The van der Waals surface area contributed by atoms with Crippen molar-refractivity contribution in [2.45, 2.75) is 19.9 Å². The molecule has 0 saturated heterocycles. The van der Waals surface area contributed by atoms with Gasteiger partial charge in [0, 0.05) is 29.5 Å². The molecule has 0 aliphatic carbocycles. The third kappa shape index (κ3) is 1.82. The summed E-state index contributed by atoms with van der Waals surface area (Å²) in [6.07, 6.45) is 3.94. The minimum atomic E-state index is 0.376. The van der Waals surface area contributed by atoms with Crippen LogP contribution in [0.15, 0.2) is 42.7 Å². The number of nitrogens with zero attached hydrogens (tertiary/aromatic N) is 2. The molecule has 19 heavy (non-hydrogen) atoms. The zero-order valence-electron chi connectivity index (χ0n) is 11.0. The van der Waals surface area contributed by atoms with Crippen molar-refractivity contribution in [1.82, 2.24) is 9.55 Å². The second kappa shape index (κ2) is 4.33. The van der Waals surface area contributed by atoms with Crippen molar-refractivity contribution in [3.63, 3.8) is 0 Å². The highest BCUT2D eigenvalue weighted by Gasteiger charge is 2.13. The molecule has 1 N–H and O–H groups in total. The standard InChI is InChI=1S/C16H15N3/c1-11(2)19-15-5-4-14(17-3)8-13(15)9-16(19)12-6-7-18-10-12/h4-11,18H,1-2H3. The van der Waals surface area contributed by atoms with Crippen LogP contribution in [-0.4, -0.2) is 9.55 Å². The van der Waals surface area contributed by atoms with Gasteiger partial charge in [0.2, 0.25) is 0 Å². The Kier molecular flexibility index (Phi) is 2.64. The van der Waals surface area contributed by atoms with Gasteiger partial charge in [-0.2, -0.15) is 0 Å². The maximum Gasteiger partial charge on any atom is 0.187 e. The topological polar surface area (TPSA) is 25.1 Å². The third-order valence-corrected chi connectivity index (χ3v) is 3.36. The second-order valence-corrected chi connectivity index (χ2v) is 4.95. The van der Waals surface area contributed by atoms with Crippen LogP contribution in [0.2, 0.25) is 0 Å². The van der Waals surface area contributed by atoms with Crippen molar-refractivity contribution in [2.24, 2.45) is 0 Å². The SMILES string of the molecule is [C-]#[N+]c1ccc2c(c1)cc(-c1cc[nH]c1)n2C(C)C. The molecule has 3 heteroatoms. The Hall–Kier alpha value is -2.47. The van der Waals surface area contributed by atoms with E-state index in [4.69, 9.17) is 6.57 Å². The van der Waals surface area contributed by atoms with E-state index in [1.807, 2.05) is 30.6 Å². The van der Waals surface area contributed by atoms with Gasteiger partial charge in [-0.05, 0) is 43.5 Å². The van der Waals surface area contributed by atoms with Gasteiger partial charge in [0.15, 0.2) is 5.69 Å². The van der Waals surface area contributed by atoms with Crippen LogP contribution in [0.3, 0.4) is 0 Å². The molecular formula is C16H15N3. The van der Waals surface area contributed by atoms with Crippen LogP contribution in [0.1, 0.15) is 19.9 Å². The molecule has 3 aromatic rings. The molecule has 3 nitrogen and oxygen atoms in total. The summed E-state index contributed by atoms with van der Waals surface area (Å²) in [5.74, 6) is 0. The highest BCUT2D eigenvalue weighted by molar-refractivity contribution is 5.89. The number of rotatable bonds is 2. The lowest BCUT2D eigenvalue weighted by Gasteiger charge is -2.14. The van der Waals surface area contributed by atoms with Crippen LogP contribution in [0.25, 0.3) is 27.0 Å². The third-order valence-electron chi connectivity index (χ3n) is 3.36. The lowest BCUT2D eigenvalue weighted by Crippen LogP contribution is -2.01. The number of benzene rings is 1. The fourth-order valence-corrected chi connectivity index (χ4v) is 2.56. The largest absolute Gasteiger partial charge is 0.367 e. The smallest absolute Gasteiger partial charge is 0.187 e. The summed E-state index contributed by atoms with van der Waals surface area (Å²) in [4.78, 5) is 6.60. The van der Waals surface area contributed by atoms with Crippen LogP contribution in [0.5, 0.6) is 0 Å². The number of hydrogen-bond donors (Lipinski definition) is 1. The Balaban J connectivity index is 2.33. The molecule has 94 valence electrons. The van der Waals surface area contributed by atoms with Crippen molar-refractivity contribution in [3.05, 3.63) is 54.1 Å². The Morgan fingerprint density at radius 1 is 1.21 bits per heavy atom. The van der Waals surface area contributed by atoms with E-state index in [0.717, 1.165) is 5.39 Å². The van der Waals surface area contributed by atoms with Crippen molar-refractivity contribution in [3.8, 4) is 11.3 Å². The molecule has 0 unspecified atom stereocenters. The van der Waals surface area contributed by atoms with Gasteiger partial charge in [-0.3, -0.25) is 0 Å². The molecule has 2 aromatic heterocycles. The number of nitrogens with one attached hydrogen (secondary N) is 1. The molecule has 0 aliphatic rings. The first-order chi connectivity index (χ1) is 9.20. The number of aromatic nitrogens is 2. The molecule has 1 aromatic carbocycles. The number of fused-ring (bicyclic) bond motifs is 1. The lowest BCUT2D eigenvalue weighted by molar-refractivity contribution is 0.629. The molecule has 3 rings (SSSR count). The predicted molar refractivity (Wildman–Crippen MR) is 78.4 cm³/mol. The molecular weight excluding hydrogens is 234 g/mol. The number of H-pyrrole nitrogens is 1. The fourth-order valence-electron chi connectivity index (χ4n) is 2.56. The number of aromatic amines is 1. The Morgan fingerprint density at radius 3 is 2.68 bits per heavy atom. The highest BCUT2D eigenvalue weighted by Crippen LogP contribution is 2.33. The van der Waals surface area contributed by atoms with Gasteiger partial charge in [0.1, 0.15) is 0 Å². The minimum Gasteiger partial charge on any atom is -0.367 e. The van der Waals surface area contributed by atoms with Gasteiger partial charge in [0.25, 0.3) is 0 Å². The first-order valence-electron chi connectivity index (χ1n) is 6.36. The average molecular weight is 249 g/mol. The summed E-state index contributed by atoms with van der Waals surface area (Å²) in [6.45, 7) is 11.5. The fraction of sp³-hybridized carbons (Fsp3) is 0.188. The van der Waals surface area contributed by atoms with Gasteiger partial charge in [-0.15, -0.1) is 0 Å². The molecule has 0 atom stereocenters. The van der Waals surface area contributed by atoms with Crippen molar-refractivity contribution >= 4 is 16.6 Å². The van der Waals surface area contributed by atoms with E-state index in [0.29, 0.717) is 11.7 Å². The van der Waals surface area contributed by atoms with Crippen LogP contribution in [0, 0.1) is 6.57 Å². The summed E-state index contributed by atoms with van der Waals surface area (Å²) in [7, 11) is 0. The van der Waals surface area contributed by atoms with Crippen LogP contribution < -0.4 is 0 Å². The van der Waals surface area contributed by atoms with E-state index in [2.05, 4.69) is 40.4 Å². The highest BCUT2D eigenvalue weighted by atomic mass is 15.0. The predicted octanol–water partition coefficient (Wildman–Crippen LogP) is 4.77. The van der Waals surface area contributed by atoms with E-state index in [-0.39, 0.29) is 0 Å². The van der Waals surface area contributed by atoms with Crippen LogP contribution >= 0.6 is 0 Å².